The van der Waals surface area contributed by atoms with E-state index >= 15 is 0 Å². The van der Waals surface area contributed by atoms with E-state index in [4.69, 9.17) is 42.7 Å². The maximum atomic E-state index is 10.2. The van der Waals surface area contributed by atoms with Crippen LogP contribution in [0.4, 0.5) is 4.79 Å². The molecule has 14 N–H and O–H groups in total. The quantitative estimate of drug-likeness (QED) is 0.213. The van der Waals surface area contributed by atoms with Crippen molar-refractivity contribution in [3.8, 4) is 0 Å². The second kappa shape index (κ2) is 28.2. The van der Waals surface area contributed by atoms with Crippen molar-refractivity contribution >= 4 is 24.1 Å². The van der Waals surface area contributed by atoms with Gasteiger partial charge in [0.1, 0.15) is 12.1 Å². The summed E-state index contributed by atoms with van der Waals surface area (Å²) in [5.74, 6) is -1.99. The third-order valence-electron chi connectivity index (χ3n) is 2.34. The van der Waals surface area contributed by atoms with E-state index in [9.17, 15) is 14.4 Å². The van der Waals surface area contributed by atoms with Gasteiger partial charge in [0.25, 0.3) is 0 Å². The second-order valence-electron chi connectivity index (χ2n) is 4.34. The number of rotatable bonds is 9. The van der Waals surface area contributed by atoms with Crippen molar-refractivity contribution in [2.75, 3.05) is 13.1 Å². The lowest BCUT2D eigenvalue weighted by atomic mass is 10.2. The third-order valence-corrected chi connectivity index (χ3v) is 2.34. The number of urea groups is 1. The number of nitrogens with one attached hydrogen (secondary N) is 1. The van der Waals surface area contributed by atoms with Crippen molar-refractivity contribution in [3.05, 3.63) is 0 Å². The van der Waals surface area contributed by atoms with Crippen molar-refractivity contribution < 1.29 is 34.2 Å². The van der Waals surface area contributed by atoms with E-state index in [0.717, 1.165) is 0 Å². The molecule has 0 heterocycles. The fourth-order valence-electron chi connectivity index (χ4n) is 1.12. The molecule has 0 saturated heterocycles. The molecule has 2 amide bonds. The molecule has 13 heteroatoms. The van der Waals surface area contributed by atoms with Gasteiger partial charge < -0.3 is 44.6 Å². The minimum absolute atomic E-state index is 0. The minimum Gasteiger partial charge on any atom is -0.480 e. The molecule has 0 aromatic heterocycles. The van der Waals surface area contributed by atoms with Gasteiger partial charge in [-0.15, -0.1) is 0 Å². The smallest absolute Gasteiger partial charge is 0.373 e. The van der Waals surface area contributed by atoms with Crippen LogP contribution in [0.1, 0.15) is 40.5 Å². The van der Waals surface area contributed by atoms with E-state index < -0.39 is 30.1 Å². The van der Waals surface area contributed by atoms with Gasteiger partial charge >= 0.3 is 24.1 Å². The van der Waals surface area contributed by atoms with Gasteiger partial charge in [-0.1, -0.05) is 14.9 Å². The standard InChI is InChI=1S/C6H13N3O3.C5H12N2O2.CO2.2CH4.H3N/c7-4(5(10)11)2-1-3-9-6(8)12;6-3-1-2-4(7)5(8)9;2-1-3;;;/h4H,1-3,7H2,(H,10,11)(H3,8,9,12);4H,1-3,6-7H2,(H,8,9);;2*1H4;1H3/t2*4-;;;;/m00..../s1. The molecule has 2 atom stereocenters. The first-order valence-electron chi connectivity index (χ1n) is 6.83. The van der Waals surface area contributed by atoms with E-state index in [1.54, 1.807) is 0 Å². The summed E-state index contributed by atoms with van der Waals surface area (Å²) in [6, 6.07) is -2.22. The van der Waals surface area contributed by atoms with E-state index in [-0.39, 0.29) is 27.2 Å². The number of carboxylic acid groups (broad SMARTS) is 2. The first kappa shape index (κ1) is 39.5. The second-order valence-corrected chi connectivity index (χ2v) is 4.34. The number of nitrogens with two attached hydrogens (primary N) is 4. The number of carboxylic acids is 2. The minimum atomic E-state index is -1.03. The average molecular weight is 400 g/mol. The van der Waals surface area contributed by atoms with Gasteiger partial charge in [-0.2, -0.15) is 9.59 Å². The number of hydrogen-bond acceptors (Lipinski definition) is 9. The number of carbonyl (C=O) groups is 3. The molecule has 0 bridgehead atoms. The van der Waals surface area contributed by atoms with Gasteiger partial charge in [-0.25, -0.2) is 4.79 Å². The summed E-state index contributed by atoms with van der Waals surface area (Å²) < 4.78 is 0. The van der Waals surface area contributed by atoms with E-state index in [0.29, 0.717) is 38.8 Å². The highest BCUT2D eigenvalue weighted by Crippen LogP contribution is 1.92. The Hall–Kier alpha value is -2.57. The lowest BCUT2D eigenvalue weighted by molar-refractivity contribution is -0.191. The van der Waals surface area contributed by atoms with Crippen LogP contribution in [-0.2, 0) is 19.2 Å². The van der Waals surface area contributed by atoms with Crippen LogP contribution >= 0.6 is 0 Å². The van der Waals surface area contributed by atoms with Gasteiger partial charge in [0.05, 0.1) is 0 Å². The normalized spacial score (nSPS) is 10.0. The SMILES string of the molecule is C.C.N.NC(=O)NCCC[C@H](N)C(=O)O.NCCC[C@H](N)C(=O)O.O=C=O. The van der Waals surface area contributed by atoms with E-state index in [2.05, 4.69) is 5.32 Å². The van der Waals surface area contributed by atoms with E-state index in [1.165, 1.54) is 0 Å². The highest BCUT2D eigenvalue weighted by Gasteiger charge is 2.10. The number of aliphatic carboxylic acids is 2. The monoisotopic (exact) mass is 400 g/mol. The van der Waals surface area contributed by atoms with Gasteiger partial charge in [-0.05, 0) is 32.2 Å². The molecule has 27 heavy (non-hydrogen) atoms. The van der Waals surface area contributed by atoms with E-state index in [1.807, 2.05) is 0 Å². The Morgan fingerprint density at radius 2 is 1.26 bits per heavy atom. The number of carbonyl (C=O) groups excluding carboxylic acids is 3. The largest absolute Gasteiger partial charge is 0.480 e. The molecule has 0 aliphatic rings. The maximum Gasteiger partial charge on any atom is 0.373 e. The van der Waals surface area contributed by atoms with Crippen LogP contribution in [0, 0.1) is 0 Å². The van der Waals surface area contributed by atoms with Crippen molar-refractivity contribution in [2.45, 2.75) is 52.6 Å². The molecule has 0 aromatic rings. The summed E-state index contributed by atoms with van der Waals surface area (Å²) in [6.45, 7) is 0.858. The van der Waals surface area contributed by atoms with Gasteiger partial charge in [0.2, 0.25) is 0 Å². The topological polar surface area (TPSA) is 277 Å². The Bertz CT molecular complexity index is 403. The molecule has 0 saturated carbocycles. The number of primary amides is 1. The maximum absolute atomic E-state index is 10.2. The van der Waals surface area contributed by atoms with Crippen molar-refractivity contribution in [1.82, 2.24) is 11.5 Å². The molecule has 0 fully saturated rings. The highest BCUT2D eigenvalue weighted by atomic mass is 16.4. The lowest BCUT2D eigenvalue weighted by Crippen LogP contribution is -2.33. The van der Waals surface area contributed by atoms with Gasteiger partial charge in [-0.3, -0.25) is 9.59 Å². The third kappa shape index (κ3) is 39.9. The Morgan fingerprint density at radius 3 is 1.52 bits per heavy atom. The molecule has 0 spiro atoms. The van der Waals surface area contributed by atoms with Crippen LogP contribution in [-0.4, -0.2) is 59.5 Å². The number of hydrogen-bond donors (Lipinski definition) is 8. The molecule has 0 unspecified atom stereocenters. The molecular formula is C14H36N6O7. The summed E-state index contributed by atoms with van der Waals surface area (Å²) in [5.41, 5.74) is 20.2. The molecule has 0 aliphatic carbocycles. The van der Waals surface area contributed by atoms with Crippen molar-refractivity contribution in [3.63, 3.8) is 0 Å². The Morgan fingerprint density at radius 1 is 0.926 bits per heavy atom. The predicted octanol–water partition coefficient (Wildman–Crippen LogP) is -1.17. The van der Waals surface area contributed by atoms with Crippen molar-refractivity contribution in [2.24, 2.45) is 22.9 Å². The van der Waals surface area contributed by atoms with Crippen LogP contribution in [0.15, 0.2) is 0 Å². The van der Waals surface area contributed by atoms with Crippen LogP contribution in [0.2, 0.25) is 0 Å². The molecule has 0 rings (SSSR count). The zero-order valence-electron chi connectivity index (χ0n) is 13.8. The molecule has 0 radical (unpaired) electrons. The van der Waals surface area contributed by atoms with Crippen LogP contribution in [0.3, 0.4) is 0 Å². The Labute approximate surface area is 159 Å². The highest BCUT2D eigenvalue weighted by molar-refractivity contribution is 5.73. The molecule has 13 nitrogen and oxygen atoms in total. The Kier molecular flexibility index (Phi) is 41.3. The first-order valence-corrected chi connectivity index (χ1v) is 6.83. The summed E-state index contributed by atoms with van der Waals surface area (Å²) in [7, 11) is 0. The average Bonchev–Trinajstić information content (AvgIpc) is 2.49. The predicted molar refractivity (Wildman–Crippen MR) is 99.8 cm³/mol. The molecular weight excluding hydrogens is 364 g/mol. The molecule has 0 aromatic carbocycles. The first-order chi connectivity index (χ1) is 11.1. The molecule has 0 aliphatic heterocycles. The van der Waals surface area contributed by atoms with Gasteiger partial charge in [0.15, 0.2) is 0 Å². The summed E-state index contributed by atoms with van der Waals surface area (Å²) >= 11 is 0. The Balaban J connectivity index is -0.0000000662. The fourth-order valence-corrected chi connectivity index (χ4v) is 1.12. The zero-order valence-corrected chi connectivity index (χ0v) is 13.8. The fraction of sp³-hybridized carbons (Fsp3) is 0.714. The number of amides is 2. The van der Waals surface area contributed by atoms with Crippen LogP contribution in [0.25, 0.3) is 0 Å². The summed E-state index contributed by atoms with van der Waals surface area (Å²) in [4.78, 5) is 46.6. The van der Waals surface area contributed by atoms with Crippen LogP contribution in [0.5, 0.6) is 0 Å². The van der Waals surface area contributed by atoms with Crippen LogP contribution < -0.4 is 34.4 Å². The van der Waals surface area contributed by atoms with Gasteiger partial charge in [0, 0.05) is 6.54 Å². The molecule has 164 valence electrons. The summed E-state index contributed by atoms with van der Waals surface area (Å²) in [5, 5.41) is 18.9. The zero-order chi connectivity index (χ0) is 19.5. The van der Waals surface area contributed by atoms with Crippen molar-refractivity contribution in [1.29, 1.82) is 0 Å². The summed E-state index contributed by atoms with van der Waals surface area (Å²) in [6.07, 6.45) is 2.23. The lowest BCUT2D eigenvalue weighted by Gasteiger charge is -2.05.